The Morgan fingerprint density at radius 3 is 2.85 bits per heavy atom. The average molecular weight is 429 g/mol. The summed E-state index contributed by atoms with van der Waals surface area (Å²) < 4.78 is 32.7. The van der Waals surface area contributed by atoms with E-state index in [9.17, 15) is 13.2 Å². The standard InChI is InChI=1S/C18H21ClN2O4S2/c1-25-16-8-7-13(11-15(16)19)20-17(22)12-14-5-2-3-9-21(14)27(23,24)18-6-4-10-26-18/h4,6-8,10-11,14H,2-3,5,9,12H2,1H3,(H,20,22)/t14-/m0/s1. The average Bonchev–Trinajstić information content (AvgIpc) is 3.18. The van der Waals surface area contributed by atoms with Gasteiger partial charge < -0.3 is 10.1 Å². The second-order valence-electron chi connectivity index (χ2n) is 6.30. The van der Waals surface area contributed by atoms with Gasteiger partial charge in [0.25, 0.3) is 10.0 Å². The second kappa shape index (κ2) is 8.60. The lowest BCUT2D eigenvalue weighted by atomic mass is 10.0. The largest absolute Gasteiger partial charge is 0.495 e. The van der Waals surface area contributed by atoms with Crippen LogP contribution in [0, 0.1) is 0 Å². The molecule has 1 saturated heterocycles. The molecule has 1 atom stereocenters. The highest BCUT2D eigenvalue weighted by Gasteiger charge is 2.35. The Kier molecular flexibility index (Phi) is 6.41. The number of piperidine rings is 1. The molecule has 3 rings (SSSR count). The molecule has 146 valence electrons. The third kappa shape index (κ3) is 4.63. The van der Waals surface area contributed by atoms with E-state index >= 15 is 0 Å². The van der Waals surface area contributed by atoms with Crippen molar-refractivity contribution in [3.05, 3.63) is 40.7 Å². The molecule has 0 spiro atoms. The maximum atomic E-state index is 12.9. The molecule has 0 saturated carbocycles. The molecule has 6 nitrogen and oxygen atoms in total. The van der Waals surface area contributed by atoms with E-state index in [1.807, 2.05) is 0 Å². The molecule has 0 bridgehead atoms. The molecule has 1 N–H and O–H groups in total. The first-order valence-corrected chi connectivity index (χ1v) is 11.3. The third-order valence-electron chi connectivity index (χ3n) is 4.49. The number of thiophene rings is 1. The minimum Gasteiger partial charge on any atom is -0.495 e. The van der Waals surface area contributed by atoms with Crippen molar-refractivity contribution >= 4 is 44.6 Å². The second-order valence-corrected chi connectivity index (χ2v) is 9.77. The van der Waals surface area contributed by atoms with Gasteiger partial charge in [0.1, 0.15) is 9.96 Å². The van der Waals surface area contributed by atoms with Crippen molar-refractivity contribution in [2.24, 2.45) is 0 Å². The van der Waals surface area contributed by atoms with Gasteiger partial charge in [-0.2, -0.15) is 4.31 Å². The van der Waals surface area contributed by atoms with Crippen LogP contribution in [0.3, 0.4) is 0 Å². The van der Waals surface area contributed by atoms with Crippen LogP contribution in [-0.2, 0) is 14.8 Å². The van der Waals surface area contributed by atoms with Crippen molar-refractivity contribution < 1.29 is 17.9 Å². The number of halogens is 1. The summed E-state index contributed by atoms with van der Waals surface area (Å²) in [5, 5.41) is 4.93. The fourth-order valence-electron chi connectivity index (χ4n) is 3.19. The Bertz CT molecular complexity index is 900. The third-order valence-corrected chi connectivity index (χ3v) is 8.11. The molecule has 0 aliphatic carbocycles. The molecule has 2 heterocycles. The number of ether oxygens (including phenoxy) is 1. The lowest BCUT2D eigenvalue weighted by Crippen LogP contribution is -2.45. The maximum absolute atomic E-state index is 12.9. The zero-order valence-corrected chi connectivity index (χ0v) is 17.2. The Morgan fingerprint density at radius 2 is 2.19 bits per heavy atom. The predicted molar refractivity (Wildman–Crippen MR) is 107 cm³/mol. The normalized spacial score (nSPS) is 18.2. The smallest absolute Gasteiger partial charge is 0.252 e. The highest BCUT2D eigenvalue weighted by atomic mass is 35.5. The molecule has 0 radical (unpaired) electrons. The first-order valence-electron chi connectivity index (χ1n) is 8.60. The zero-order chi connectivity index (χ0) is 19.4. The van der Waals surface area contributed by atoms with E-state index in [-0.39, 0.29) is 18.4 Å². The number of carbonyl (C=O) groups excluding carboxylic acids is 1. The summed E-state index contributed by atoms with van der Waals surface area (Å²) in [7, 11) is -2.05. The number of amides is 1. The van der Waals surface area contributed by atoms with Crippen molar-refractivity contribution in [1.29, 1.82) is 0 Å². The molecular weight excluding hydrogens is 408 g/mol. The molecule has 1 aliphatic heterocycles. The molecule has 2 aromatic rings. The molecule has 1 fully saturated rings. The van der Waals surface area contributed by atoms with E-state index in [4.69, 9.17) is 16.3 Å². The van der Waals surface area contributed by atoms with E-state index in [0.717, 1.165) is 12.8 Å². The Labute approximate surface area is 168 Å². The van der Waals surface area contributed by atoms with Crippen LogP contribution in [0.25, 0.3) is 0 Å². The number of rotatable bonds is 6. The van der Waals surface area contributed by atoms with E-state index in [0.29, 0.717) is 33.6 Å². The Balaban J connectivity index is 1.71. The molecule has 1 aliphatic rings. The summed E-state index contributed by atoms with van der Waals surface area (Å²) in [6.07, 6.45) is 2.48. The number of nitrogens with zero attached hydrogens (tertiary/aromatic N) is 1. The van der Waals surface area contributed by atoms with Crippen LogP contribution >= 0.6 is 22.9 Å². The summed E-state index contributed by atoms with van der Waals surface area (Å²) in [5.74, 6) is 0.282. The summed E-state index contributed by atoms with van der Waals surface area (Å²) in [5.41, 5.74) is 0.550. The van der Waals surface area contributed by atoms with E-state index < -0.39 is 10.0 Å². The SMILES string of the molecule is COc1ccc(NC(=O)C[C@@H]2CCCCN2S(=O)(=O)c2cccs2)cc1Cl. The van der Waals surface area contributed by atoms with Crippen LogP contribution < -0.4 is 10.1 Å². The van der Waals surface area contributed by atoms with Crippen molar-refractivity contribution in [3.63, 3.8) is 0 Å². The first kappa shape index (κ1) is 20.1. The fourth-order valence-corrected chi connectivity index (χ4v) is 6.26. The zero-order valence-electron chi connectivity index (χ0n) is 14.9. The molecule has 0 unspecified atom stereocenters. The Hall–Kier alpha value is -1.61. The van der Waals surface area contributed by atoms with Gasteiger partial charge in [-0.3, -0.25) is 4.79 Å². The van der Waals surface area contributed by atoms with E-state index in [2.05, 4.69) is 5.32 Å². The quantitative estimate of drug-likeness (QED) is 0.754. The van der Waals surface area contributed by atoms with Gasteiger partial charge in [0, 0.05) is 24.7 Å². The topological polar surface area (TPSA) is 75.7 Å². The van der Waals surface area contributed by atoms with Crippen LogP contribution in [0.4, 0.5) is 5.69 Å². The first-order chi connectivity index (χ1) is 12.9. The number of hydrogen-bond acceptors (Lipinski definition) is 5. The lowest BCUT2D eigenvalue weighted by Gasteiger charge is -2.34. The van der Waals surface area contributed by atoms with Gasteiger partial charge >= 0.3 is 0 Å². The van der Waals surface area contributed by atoms with Gasteiger partial charge in [-0.1, -0.05) is 24.1 Å². The predicted octanol–water partition coefficient (Wildman–Crippen LogP) is 3.98. The lowest BCUT2D eigenvalue weighted by molar-refractivity contribution is -0.117. The van der Waals surface area contributed by atoms with Crippen molar-refractivity contribution in [3.8, 4) is 5.75 Å². The van der Waals surface area contributed by atoms with Crippen molar-refractivity contribution in [2.45, 2.75) is 35.9 Å². The van der Waals surface area contributed by atoms with Gasteiger partial charge in [-0.25, -0.2) is 8.42 Å². The summed E-state index contributed by atoms with van der Waals surface area (Å²) in [4.78, 5) is 12.5. The fraction of sp³-hybridized carbons (Fsp3) is 0.389. The molecule has 1 aromatic heterocycles. The minimum absolute atomic E-state index is 0.105. The number of carbonyl (C=O) groups is 1. The number of anilines is 1. The monoisotopic (exact) mass is 428 g/mol. The van der Waals surface area contributed by atoms with Crippen LogP contribution in [0.2, 0.25) is 5.02 Å². The highest BCUT2D eigenvalue weighted by molar-refractivity contribution is 7.91. The molecule has 27 heavy (non-hydrogen) atoms. The van der Waals surface area contributed by atoms with E-state index in [1.165, 1.54) is 22.8 Å². The van der Waals surface area contributed by atoms with Gasteiger partial charge in [0.15, 0.2) is 0 Å². The summed E-state index contributed by atoms with van der Waals surface area (Å²) in [6.45, 7) is 0.437. The number of nitrogens with one attached hydrogen (secondary N) is 1. The molecular formula is C18H21ClN2O4S2. The van der Waals surface area contributed by atoms with Crippen LogP contribution in [0.15, 0.2) is 39.9 Å². The molecule has 1 amide bonds. The maximum Gasteiger partial charge on any atom is 0.252 e. The number of benzene rings is 1. The summed E-state index contributed by atoms with van der Waals surface area (Å²) in [6, 6.07) is 7.95. The van der Waals surface area contributed by atoms with Gasteiger partial charge in [0.2, 0.25) is 5.91 Å². The molecule has 9 heteroatoms. The van der Waals surface area contributed by atoms with Crippen molar-refractivity contribution in [1.82, 2.24) is 4.31 Å². The van der Waals surface area contributed by atoms with Gasteiger partial charge in [-0.05, 0) is 42.5 Å². The number of sulfonamides is 1. The Morgan fingerprint density at radius 1 is 1.37 bits per heavy atom. The van der Waals surface area contributed by atoms with Gasteiger partial charge in [-0.15, -0.1) is 11.3 Å². The highest BCUT2D eigenvalue weighted by Crippen LogP contribution is 2.30. The number of hydrogen-bond donors (Lipinski definition) is 1. The van der Waals surface area contributed by atoms with Crippen LogP contribution in [-0.4, -0.2) is 38.3 Å². The van der Waals surface area contributed by atoms with Gasteiger partial charge in [0.05, 0.1) is 12.1 Å². The summed E-state index contributed by atoms with van der Waals surface area (Å²) >= 11 is 7.28. The van der Waals surface area contributed by atoms with E-state index in [1.54, 1.807) is 35.7 Å². The van der Waals surface area contributed by atoms with Crippen molar-refractivity contribution in [2.75, 3.05) is 19.0 Å². The molecule has 1 aromatic carbocycles. The minimum atomic E-state index is -3.57. The van der Waals surface area contributed by atoms with Crippen LogP contribution in [0.5, 0.6) is 5.75 Å². The van der Waals surface area contributed by atoms with Crippen LogP contribution in [0.1, 0.15) is 25.7 Å². The number of methoxy groups -OCH3 is 1.